The molecule has 0 aromatic rings. The molecule has 3 nitrogen and oxygen atoms in total. The van der Waals surface area contributed by atoms with Crippen LogP contribution in [0.3, 0.4) is 0 Å². The summed E-state index contributed by atoms with van der Waals surface area (Å²) < 4.78 is 4.67. The number of methoxy groups -OCH3 is 1. The van der Waals surface area contributed by atoms with Gasteiger partial charge >= 0.3 is 5.97 Å². The smallest absolute Gasteiger partial charge is 0.333 e. The predicted molar refractivity (Wildman–Crippen MR) is 101 cm³/mol. The normalized spacial score (nSPS) is 33.8. The van der Waals surface area contributed by atoms with Crippen LogP contribution in [0.15, 0.2) is 22.7 Å². The van der Waals surface area contributed by atoms with E-state index >= 15 is 0 Å². The van der Waals surface area contributed by atoms with Crippen molar-refractivity contribution >= 4 is 21.9 Å². The Balaban J connectivity index is 1.98. The molecular formula is C20H31BrO3. The van der Waals surface area contributed by atoms with Crippen molar-refractivity contribution in [3.8, 4) is 0 Å². The Labute approximate surface area is 154 Å². The van der Waals surface area contributed by atoms with Crippen LogP contribution in [0.1, 0.15) is 58.8 Å². The number of aliphatic hydroxyl groups excluding tert-OH is 1. The standard InChI is InChI=1S/C20H31BrO3/c1-13(10-16(22)11-14(2)19(23)24-4)17-7-8-18-15(12-21)6-5-9-20(17,18)3/h12-13,16-18,22H,2,5-11H2,1,3-4H3/b15-12+/t13-,16-,17-,18?,20-/m1/s1. The lowest BCUT2D eigenvalue weighted by molar-refractivity contribution is -0.136. The van der Waals surface area contributed by atoms with Gasteiger partial charge < -0.3 is 9.84 Å². The first-order valence-electron chi connectivity index (χ1n) is 9.06. The molecule has 5 atom stereocenters. The Morgan fingerprint density at radius 1 is 1.54 bits per heavy atom. The highest BCUT2D eigenvalue weighted by Crippen LogP contribution is 2.60. The number of fused-ring (bicyclic) bond motifs is 1. The minimum Gasteiger partial charge on any atom is -0.466 e. The second kappa shape index (κ2) is 8.18. The molecule has 136 valence electrons. The minimum atomic E-state index is -0.524. The van der Waals surface area contributed by atoms with Gasteiger partial charge in [0.25, 0.3) is 0 Å². The molecule has 2 aliphatic carbocycles. The molecule has 0 aliphatic heterocycles. The molecule has 1 unspecified atom stereocenters. The van der Waals surface area contributed by atoms with E-state index in [0.717, 1.165) is 6.42 Å². The van der Waals surface area contributed by atoms with Gasteiger partial charge in [-0.15, -0.1) is 0 Å². The summed E-state index contributed by atoms with van der Waals surface area (Å²) in [5, 5.41) is 10.4. The lowest BCUT2D eigenvalue weighted by atomic mass is 9.61. The first-order chi connectivity index (χ1) is 11.3. The third kappa shape index (κ3) is 3.96. The lowest BCUT2D eigenvalue weighted by Gasteiger charge is -2.44. The highest BCUT2D eigenvalue weighted by Gasteiger charge is 2.50. The Bertz CT molecular complexity index is 513. The summed E-state index contributed by atoms with van der Waals surface area (Å²) >= 11 is 3.56. The Morgan fingerprint density at radius 3 is 2.88 bits per heavy atom. The number of ether oxygens (including phenoxy) is 1. The Kier molecular flexibility index (Phi) is 6.72. The van der Waals surface area contributed by atoms with E-state index in [2.05, 4.69) is 46.1 Å². The number of carbonyl (C=O) groups is 1. The molecular weight excluding hydrogens is 368 g/mol. The zero-order chi connectivity index (χ0) is 17.9. The van der Waals surface area contributed by atoms with Crippen LogP contribution in [0.5, 0.6) is 0 Å². The van der Waals surface area contributed by atoms with E-state index in [1.165, 1.54) is 39.2 Å². The van der Waals surface area contributed by atoms with Gasteiger partial charge in [0.1, 0.15) is 0 Å². The van der Waals surface area contributed by atoms with Crippen LogP contribution in [-0.2, 0) is 9.53 Å². The summed E-state index contributed by atoms with van der Waals surface area (Å²) in [6.07, 6.45) is 6.74. The molecule has 2 rings (SSSR count). The fraction of sp³-hybridized carbons (Fsp3) is 0.750. The summed E-state index contributed by atoms with van der Waals surface area (Å²) in [5.74, 6) is 1.33. The van der Waals surface area contributed by atoms with E-state index in [4.69, 9.17) is 0 Å². The highest BCUT2D eigenvalue weighted by molar-refractivity contribution is 9.11. The summed E-state index contributed by atoms with van der Waals surface area (Å²) in [5.41, 5.74) is 2.27. The topological polar surface area (TPSA) is 46.5 Å². The van der Waals surface area contributed by atoms with Crippen molar-refractivity contribution in [3.63, 3.8) is 0 Å². The summed E-state index contributed by atoms with van der Waals surface area (Å²) in [4.78, 5) is 13.6. The average Bonchev–Trinajstić information content (AvgIpc) is 2.90. The molecule has 2 aliphatic rings. The summed E-state index contributed by atoms with van der Waals surface area (Å²) in [6, 6.07) is 0. The van der Waals surface area contributed by atoms with E-state index in [9.17, 15) is 9.90 Å². The van der Waals surface area contributed by atoms with Crippen molar-refractivity contribution in [2.45, 2.75) is 64.9 Å². The van der Waals surface area contributed by atoms with Crippen LogP contribution < -0.4 is 0 Å². The fourth-order valence-electron chi connectivity index (χ4n) is 5.33. The van der Waals surface area contributed by atoms with Crippen LogP contribution in [-0.4, -0.2) is 24.3 Å². The second-order valence-corrected chi connectivity index (χ2v) is 8.40. The number of esters is 1. The van der Waals surface area contributed by atoms with Gasteiger partial charge in [-0.25, -0.2) is 4.79 Å². The number of carbonyl (C=O) groups excluding carboxylic acids is 1. The zero-order valence-corrected chi connectivity index (χ0v) is 16.8. The third-order valence-electron chi connectivity index (χ3n) is 6.46. The molecule has 0 bridgehead atoms. The summed E-state index contributed by atoms with van der Waals surface area (Å²) in [7, 11) is 1.35. The van der Waals surface area contributed by atoms with Gasteiger partial charge in [0.05, 0.1) is 13.2 Å². The van der Waals surface area contributed by atoms with Gasteiger partial charge in [0.2, 0.25) is 0 Å². The van der Waals surface area contributed by atoms with Gasteiger partial charge in [-0.3, -0.25) is 0 Å². The maximum absolute atomic E-state index is 11.5. The fourth-order valence-corrected chi connectivity index (χ4v) is 5.88. The first kappa shape index (κ1) is 19.7. The molecule has 0 saturated heterocycles. The van der Waals surface area contributed by atoms with Crippen LogP contribution in [0.4, 0.5) is 0 Å². The molecule has 4 heteroatoms. The molecule has 0 heterocycles. The summed E-state index contributed by atoms with van der Waals surface area (Å²) in [6.45, 7) is 8.43. The van der Waals surface area contributed by atoms with Gasteiger partial charge in [-0.1, -0.05) is 41.9 Å². The van der Waals surface area contributed by atoms with E-state index in [-0.39, 0.29) is 0 Å². The Morgan fingerprint density at radius 2 is 2.25 bits per heavy atom. The molecule has 24 heavy (non-hydrogen) atoms. The van der Waals surface area contributed by atoms with Crippen LogP contribution in [0.25, 0.3) is 0 Å². The SMILES string of the molecule is C=C(C[C@H](O)C[C@@H](C)[C@H]1CCC2/C(=C/Br)CCC[C@@]21C)C(=O)OC. The van der Waals surface area contributed by atoms with Crippen molar-refractivity contribution in [2.24, 2.45) is 23.2 Å². The maximum atomic E-state index is 11.5. The quantitative estimate of drug-likeness (QED) is 0.506. The predicted octanol–water partition coefficient (Wildman–Crippen LogP) is 4.99. The second-order valence-electron chi connectivity index (χ2n) is 7.95. The van der Waals surface area contributed by atoms with E-state index in [1.54, 1.807) is 5.57 Å². The molecule has 0 radical (unpaired) electrons. The number of allylic oxidation sites excluding steroid dienone is 1. The molecule has 2 saturated carbocycles. The third-order valence-corrected chi connectivity index (χ3v) is 7.05. The molecule has 0 amide bonds. The Hall–Kier alpha value is -0.610. The van der Waals surface area contributed by atoms with Crippen LogP contribution in [0, 0.1) is 23.2 Å². The number of rotatable bonds is 6. The zero-order valence-electron chi connectivity index (χ0n) is 15.2. The van der Waals surface area contributed by atoms with Gasteiger partial charge in [0, 0.05) is 12.0 Å². The lowest BCUT2D eigenvalue weighted by Crippen LogP contribution is -2.36. The molecule has 0 aromatic carbocycles. The first-order valence-corrected chi connectivity index (χ1v) is 9.98. The highest BCUT2D eigenvalue weighted by atomic mass is 79.9. The number of hydrogen-bond donors (Lipinski definition) is 1. The molecule has 0 spiro atoms. The van der Waals surface area contributed by atoms with Gasteiger partial charge in [-0.2, -0.15) is 0 Å². The van der Waals surface area contributed by atoms with E-state index in [0.29, 0.717) is 35.2 Å². The van der Waals surface area contributed by atoms with Gasteiger partial charge in [-0.05, 0) is 66.7 Å². The maximum Gasteiger partial charge on any atom is 0.333 e. The average molecular weight is 399 g/mol. The number of hydrogen-bond acceptors (Lipinski definition) is 3. The molecule has 0 aromatic heterocycles. The van der Waals surface area contributed by atoms with Crippen molar-refractivity contribution in [3.05, 3.63) is 22.7 Å². The van der Waals surface area contributed by atoms with Crippen molar-refractivity contribution in [1.82, 2.24) is 0 Å². The monoisotopic (exact) mass is 398 g/mol. The van der Waals surface area contributed by atoms with E-state index < -0.39 is 12.1 Å². The minimum absolute atomic E-state index is 0.302. The largest absolute Gasteiger partial charge is 0.466 e. The van der Waals surface area contributed by atoms with Crippen molar-refractivity contribution < 1.29 is 14.6 Å². The number of aliphatic hydroxyl groups is 1. The molecule has 2 fully saturated rings. The van der Waals surface area contributed by atoms with Gasteiger partial charge in [0.15, 0.2) is 0 Å². The van der Waals surface area contributed by atoms with E-state index in [1.807, 2.05) is 0 Å². The molecule has 1 N–H and O–H groups in total. The van der Waals surface area contributed by atoms with Crippen molar-refractivity contribution in [2.75, 3.05) is 7.11 Å². The van der Waals surface area contributed by atoms with Crippen LogP contribution in [0.2, 0.25) is 0 Å². The number of halogens is 1. The van der Waals surface area contributed by atoms with Crippen LogP contribution >= 0.6 is 15.9 Å². The van der Waals surface area contributed by atoms with Crippen molar-refractivity contribution in [1.29, 1.82) is 0 Å².